The average Bonchev–Trinajstić information content (AvgIpc) is 3.19. The molecule has 0 aliphatic rings. The minimum absolute atomic E-state index is 0.0490. The van der Waals surface area contributed by atoms with Gasteiger partial charge in [-0.3, -0.25) is 4.79 Å². The van der Waals surface area contributed by atoms with Crippen LogP contribution in [0.5, 0.6) is 5.75 Å². The molecule has 0 saturated heterocycles. The molecule has 0 atom stereocenters. The number of benzene rings is 2. The number of aromatic nitrogens is 2. The van der Waals surface area contributed by atoms with Crippen LogP contribution in [0.1, 0.15) is 10.4 Å². The number of pyridine rings is 1. The number of hydrogen-bond donors (Lipinski definition) is 2. The molecule has 7 nitrogen and oxygen atoms in total. The zero-order chi connectivity index (χ0) is 20.7. The van der Waals surface area contributed by atoms with Crippen LogP contribution in [-0.2, 0) is 0 Å². The number of nitrogens with one attached hydrogen (secondary N) is 1. The first kappa shape index (κ1) is 17.7. The summed E-state index contributed by atoms with van der Waals surface area (Å²) >= 11 is 0. The Morgan fingerprint density at radius 2 is 1.90 bits per heavy atom. The standard InChI is InChI=1S/C23H15N3O4/c27-19-8-4-6-15-12-17(23(29)30-21(15)19)22(28)24-16-7-3-5-14(11-16)18-13-26-10-2-1-9-20(26)25-18/h1-13,27H,(H,24,28). The molecular formula is C23H15N3O4. The Bertz CT molecular complexity index is 1450. The van der Waals surface area contributed by atoms with E-state index in [1.807, 2.05) is 41.1 Å². The van der Waals surface area contributed by atoms with Gasteiger partial charge in [-0.25, -0.2) is 9.78 Å². The summed E-state index contributed by atoms with van der Waals surface area (Å²) in [5.74, 6) is -0.752. The molecule has 2 aromatic carbocycles. The Labute approximate surface area is 169 Å². The highest BCUT2D eigenvalue weighted by Crippen LogP contribution is 2.25. The molecule has 0 unspecified atom stereocenters. The summed E-state index contributed by atoms with van der Waals surface area (Å²) in [4.78, 5) is 29.5. The van der Waals surface area contributed by atoms with Gasteiger partial charge in [0.25, 0.3) is 5.91 Å². The van der Waals surface area contributed by atoms with Crippen LogP contribution in [-0.4, -0.2) is 20.4 Å². The molecule has 5 rings (SSSR count). The Hall–Kier alpha value is -4.39. The van der Waals surface area contributed by atoms with Crippen molar-refractivity contribution in [1.82, 2.24) is 9.38 Å². The van der Waals surface area contributed by atoms with Crippen LogP contribution in [0, 0.1) is 0 Å². The largest absolute Gasteiger partial charge is 0.504 e. The van der Waals surface area contributed by atoms with Crippen molar-refractivity contribution in [3.8, 4) is 17.0 Å². The monoisotopic (exact) mass is 397 g/mol. The van der Waals surface area contributed by atoms with E-state index < -0.39 is 11.5 Å². The predicted octanol–water partition coefficient (Wildman–Crippen LogP) is 4.07. The number of aromatic hydroxyl groups is 1. The zero-order valence-electron chi connectivity index (χ0n) is 15.6. The number of para-hydroxylation sites is 1. The van der Waals surface area contributed by atoms with Gasteiger partial charge in [0.05, 0.1) is 5.69 Å². The molecule has 30 heavy (non-hydrogen) atoms. The minimum Gasteiger partial charge on any atom is -0.504 e. The fourth-order valence-corrected chi connectivity index (χ4v) is 3.32. The molecule has 146 valence electrons. The Morgan fingerprint density at radius 3 is 2.77 bits per heavy atom. The highest BCUT2D eigenvalue weighted by molar-refractivity contribution is 6.05. The zero-order valence-corrected chi connectivity index (χ0v) is 15.6. The number of hydrogen-bond acceptors (Lipinski definition) is 5. The lowest BCUT2D eigenvalue weighted by Crippen LogP contribution is -2.20. The fraction of sp³-hybridized carbons (Fsp3) is 0. The number of fused-ring (bicyclic) bond motifs is 2. The molecule has 3 heterocycles. The molecule has 5 aromatic rings. The van der Waals surface area contributed by atoms with Gasteiger partial charge in [0, 0.05) is 29.0 Å². The number of nitrogens with zero attached hydrogens (tertiary/aromatic N) is 2. The van der Waals surface area contributed by atoms with Gasteiger partial charge in [-0.05, 0) is 36.4 Å². The summed E-state index contributed by atoms with van der Waals surface area (Å²) in [7, 11) is 0. The summed E-state index contributed by atoms with van der Waals surface area (Å²) in [5.41, 5.74) is 2.01. The predicted molar refractivity (Wildman–Crippen MR) is 113 cm³/mol. The second kappa shape index (κ2) is 6.89. The van der Waals surface area contributed by atoms with E-state index >= 15 is 0 Å². The summed E-state index contributed by atoms with van der Waals surface area (Å²) in [6, 6.07) is 19.0. The Kier molecular flexibility index (Phi) is 4.07. The van der Waals surface area contributed by atoms with Gasteiger partial charge in [0.15, 0.2) is 11.3 Å². The van der Waals surface area contributed by atoms with Crippen LogP contribution >= 0.6 is 0 Å². The molecule has 0 fully saturated rings. The van der Waals surface area contributed by atoms with Gasteiger partial charge in [-0.2, -0.15) is 0 Å². The summed E-state index contributed by atoms with van der Waals surface area (Å²) in [6.07, 6.45) is 3.81. The van der Waals surface area contributed by atoms with Crippen LogP contribution in [0.25, 0.3) is 27.9 Å². The smallest absolute Gasteiger partial charge is 0.349 e. The highest BCUT2D eigenvalue weighted by atomic mass is 16.4. The Morgan fingerprint density at radius 1 is 1.03 bits per heavy atom. The third kappa shape index (κ3) is 3.08. The maximum atomic E-state index is 12.7. The van der Waals surface area contributed by atoms with Gasteiger partial charge in [0.1, 0.15) is 11.2 Å². The summed E-state index contributed by atoms with van der Waals surface area (Å²) in [5, 5.41) is 13.0. The normalized spacial score (nSPS) is 11.1. The Balaban J connectivity index is 1.47. The first-order valence-corrected chi connectivity index (χ1v) is 9.20. The van der Waals surface area contributed by atoms with E-state index in [-0.39, 0.29) is 16.9 Å². The molecule has 0 aliphatic carbocycles. The number of phenolic OH excluding ortho intramolecular Hbond substituents is 1. The van der Waals surface area contributed by atoms with Crippen molar-refractivity contribution in [2.45, 2.75) is 0 Å². The van der Waals surface area contributed by atoms with Crippen LogP contribution in [0.4, 0.5) is 5.69 Å². The molecule has 0 saturated carbocycles. The molecule has 3 aromatic heterocycles. The second-order valence-electron chi connectivity index (χ2n) is 6.77. The maximum Gasteiger partial charge on any atom is 0.349 e. The van der Waals surface area contributed by atoms with Gasteiger partial charge >= 0.3 is 5.63 Å². The summed E-state index contributed by atoms with van der Waals surface area (Å²) < 4.78 is 7.04. The van der Waals surface area contributed by atoms with Gasteiger partial charge in [-0.15, -0.1) is 0 Å². The number of carbonyl (C=O) groups excluding carboxylic acids is 1. The molecule has 0 bridgehead atoms. The van der Waals surface area contributed by atoms with Crippen LogP contribution in [0.3, 0.4) is 0 Å². The fourth-order valence-electron chi connectivity index (χ4n) is 3.32. The number of rotatable bonds is 3. The van der Waals surface area contributed by atoms with E-state index in [4.69, 9.17) is 4.42 Å². The van der Waals surface area contributed by atoms with Crippen LogP contribution < -0.4 is 10.9 Å². The van der Waals surface area contributed by atoms with E-state index in [1.54, 1.807) is 30.3 Å². The topological polar surface area (TPSA) is 96.8 Å². The van der Waals surface area contributed by atoms with Gasteiger partial charge in [-0.1, -0.05) is 30.3 Å². The van der Waals surface area contributed by atoms with Crippen molar-refractivity contribution in [2.75, 3.05) is 5.32 Å². The minimum atomic E-state index is -0.821. The molecular weight excluding hydrogens is 382 g/mol. The van der Waals surface area contributed by atoms with Crippen LogP contribution in [0.15, 0.2) is 88.3 Å². The molecule has 0 spiro atoms. The lowest BCUT2D eigenvalue weighted by atomic mass is 10.1. The molecule has 1 amide bonds. The lowest BCUT2D eigenvalue weighted by molar-refractivity contribution is 0.102. The average molecular weight is 397 g/mol. The number of carbonyl (C=O) groups is 1. The van der Waals surface area contributed by atoms with Crippen molar-refractivity contribution >= 4 is 28.2 Å². The van der Waals surface area contributed by atoms with Crippen molar-refractivity contribution in [3.05, 3.63) is 95.1 Å². The lowest BCUT2D eigenvalue weighted by Gasteiger charge is -2.07. The molecule has 2 N–H and O–H groups in total. The summed E-state index contributed by atoms with van der Waals surface area (Å²) in [6.45, 7) is 0. The number of anilines is 1. The van der Waals surface area contributed by atoms with E-state index in [9.17, 15) is 14.7 Å². The van der Waals surface area contributed by atoms with E-state index in [2.05, 4.69) is 10.3 Å². The molecule has 0 radical (unpaired) electrons. The van der Waals surface area contributed by atoms with Crippen molar-refractivity contribution in [3.63, 3.8) is 0 Å². The highest BCUT2D eigenvalue weighted by Gasteiger charge is 2.16. The van der Waals surface area contributed by atoms with Crippen molar-refractivity contribution in [1.29, 1.82) is 0 Å². The van der Waals surface area contributed by atoms with E-state index in [0.29, 0.717) is 11.1 Å². The van der Waals surface area contributed by atoms with E-state index in [1.165, 1.54) is 12.1 Å². The first-order valence-electron chi connectivity index (χ1n) is 9.20. The molecule has 0 aliphatic heterocycles. The second-order valence-corrected chi connectivity index (χ2v) is 6.77. The number of phenols is 1. The first-order chi connectivity index (χ1) is 14.6. The van der Waals surface area contributed by atoms with Crippen molar-refractivity contribution < 1.29 is 14.3 Å². The van der Waals surface area contributed by atoms with Crippen LogP contribution in [0.2, 0.25) is 0 Å². The quantitative estimate of drug-likeness (QED) is 0.448. The van der Waals surface area contributed by atoms with E-state index in [0.717, 1.165) is 16.9 Å². The number of amides is 1. The molecule has 7 heteroatoms. The SMILES string of the molecule is O=C(Nc1cccc(-c2cn3ccccc3n2)c1)c1cc2cccc(O)c2oc1=O. The third-order valence-electron chi connectivity index (χ3n) is 4.76. The van der Waals surface area contributed by atoms with Gasteiger partial charge < -0.3 is 19.2 Å². The van der Waals surface area contributed by atoms with Gasteiger partial charge in [0.2, 0.25) is 0 Å². The maximum absolute atomic E-state index is 12.7. The number of imidazole rings is 1. The van der Waals surface area contributed by atoms with Crippen molar-refractivity contribution in [2.24, 2.45) is 0 Å². The third-order valence-corrected chi connectivity index (χ3v) is 4.76.